The molecule has 2 amide bonds. The van der Waals surface area contributed by atoms with E-state index in [-0.39, 0.29) is 5.92 Å². The van der Waals surface area contributed by atoms with Gasteiger partial charge in [0, 0.05) is 34.0 Å². The number of methoxy groups -OCH3 is 1. The van der Waals surface area contributed by atoms with Crippen molar-refractivity contribution in [1.29, 1.82) is 0 Å². The van der Waals surface area contributed by atoms with Crippen LogP contribution >= 0.6 is 0 Å². The lowest BCUT2D eigenvalue weighted by Crippen LogP contribution is -2.20. The van der Waals surface area contributed by atoms with Crippen LogP contribution in [0, 0.1) is 6.92 Å². The molecule has 0 saturated carbocycles. The number of benzene rings is 1. The van der Waals surface area contributed by atoms with Gasteiger partial charge < -0.3 is 15.0 Å². The van der Waals surface area contributed by atoms with Crippen molar-refractivity contribution in [3.05, 3.63) is 41.2 Å². The minimum Gasteiger partial charge on any atom is -0.465 e. The van der Waals surface area contributed by atoms with Crippen LogP contribution < -0.4 is 10.6 Å². The molecular weight excluding hydrogens is 334 g/mol. The summed E-state index contributed by atoms with van der Waals surface area (Å²) in [5, 5.41) is 13.3. The number of aromatic nitrogens is 3. The van der Waals surface area contributed by atoms with Crippen LogP contribution in [0.15, 0.2) is 24.4 Å². The molecule has 0 atom stereocenters. The van der Waals surface area contributed by atoms with E-state index in [1.54, 1.807) is 24.4 Å². The van der Waals surface area contributed by atoms with E-state index in [2.05, 4.69) is 25.8 Å². The van der Waals surface area contributed by atoms with Gasteiger partial charge in [0.05, 0.1) is 12.7 Å². The van der Waals surface area contributed by atoms with Gasteiger partial charge in [-0.3, -0.25) is 10.4 Å². The molecule has 0 saturated heterocycles. The lowest BCUT2D eigenvalue weighted by molar-refractivity contribution is 0.0603. The van der Waals surface area contributed by atoms with Crippen molar-refractivity contribution < 1.29 is 14.3 Å². The second-order valence-corrected chi connectivity index (χ2v) is 6.30. The van der Waals surface area contributed by atoms with Gasteiger partial charge in [-0.05, 0) is 31.0 Å². The highest BCUT2D eigenvalue weighted by molar-refractivity contribution is 6.07. The lowest BCUT2D eigenvalue weighted by atomic mass is 10.1. The van der Waals surface area contributed by atoms with E-state index in [4.69, 9.17) is 4.74 Å². The van der Waals surface area contributed by atoms with Crippen molar-refractivity contribution in [1.82, 2.24) is 15.2 Å². The molecule has 8 heteroatoms. The van der Waals surface area contributed by atoms with Crippen LogP contribution in [-0.2, 0) is 4.74 Å². The molecule has 8 nitrogen and oxygen atoms in total. The van der Waals surface area contributed by atoms with Gasteiger partial charge in [-0.1, -0.05) is 13.8 Å². The summed E-state index contributed by atoms with van der Waals surface area (Å²) in [7, 11) is 1.32. The van der Waals surface area contributed by atoms with Crippen molar-refractivity contribution in [2.45, 2.75) is 26.7 Å². The molecule has 0 fully saturated rings. The van der Waals surface area contributed by atoms with E-state index in [0.717, 1.165) is 22.2 Å². The summed E-state index contributed by atoms with van der Waals surface area (Å²) in [5.74, 6) is 0.280. The van der Waals surface area contributed by atoms with E-state index in [0.29, 0.717) is 17.1 Å². The fraction of sp³-hybridized carbons (Fsp3) is 0.278. The Morgan fingerprint density at radius 3 is 2.65 bits per heavy atom. The highest BCUT2D eigenvalue weighted by atomic mass is 16.5. The Morgan fingerprint density at radius 2 is 2.00 bits per heavy atom. The first kappa shape index (κ1) is 17.5. The predicted octanol–water partition coefficient (Wildman–Crippen LogP) is 3.75. The summed E-state index contributed by atoms with van der Waals surface area (Å²) in [6, 6.07) is 4.67. The molecule has 0 aliphatic heterocycles. The SMILES string of the molecule is COC(=O)c1cc(NC(=O)Nc2n[nH]c(C(C)C)c2C)cc2[nH]ccc12. The highest BCUT2D eigenvalue weighted by Gasteiger charge is 2.16. The number of amides is 2. The molecule has 2 heterocycles. The quantitative estimate of drug-likeness (QED) is 0.534. The van der Waals surface area contributed by atoms with Gasteiger partial charge in [0.15, 0.2) is 5.82 Å². The number of nitrogens with zero attached hydrogens (tertiary/aromatic N) is 1. The van der Waals surface area contributed by atoms with E-state index < -0.39 is 12.0 Å². The van der Waals surface area contributed by atoms with E-state index in [1.807, 2.05) is 20.8 Å². The molecule has 4 N–H and O–H groups in total. The topological polar surface area (TPSA) is 112 Å². The zero-order valence-corrected chi connectivity index (χ0v) is 15.1. The average Bonchev–Trinajstić information content (AvgIpc) is 3.20. The summed E-state index contributed by atoms with van der Waals surface area (Å²) < 4.78 is 4.81. The van der Waals surface area contributed by atoms with E-state index >= 15 is 0 Å². The number of nitrogens with one attached hydrogen (secondary N) is 4. The van der Waals surface area contributed by atoms with Crippen LogP contribution in [0.25, 0.3) is 10.9 Å². The highest BCUT2D eigenvalue weighted by Crippen LogP contribution is 2.25. The van der Waals surface area contributed by atoms with Crippen molar-refractivity contribution in [2.24, 2.45) is 0 Å². The Kier molecular flexibility index (Phi) is 4.66. The number of carbonyl (C=O) groups is 2. The number of hydrogen-bond acceptors (Lipinski definition) is 4. The van der Waals surface area contributed by atoms with Crippen molar-refractivity contribution in [2.75, 3.05) is 17.7 Å². The van der Waals surface area contributed by atoms with Crippen LogP contribution in [0.3, 0.4) is 0 Å². The number of ether oxygens (including phenoxy) is 1. The third-order valence-corrected chi connectivity index (χ3v) is 4.19. The van der Waals surface area contributed by atoms with Crippen LogP contribution in [0.1, 0.15) is 41.4 Å². The van der Waals surface area contributed by atoms with Crippen LogP contribution in [0.4, 0.5) is 16.3 Å². The number of hydrogen-bond donors (Lipinski definition) is 4. The third-order valence-electron chi connectivity index (χ3n) is 4.19. The minimum atomic E-state index is -0.469. The fourth-order valence-electron chi connectivity index (χ4n) is 2.88. The molecule has 3 aromatic rings. The predicted molar refractivity (Wildman–Crippen MR) is 99.7 cm³/mol. The maximum Gasteiger partial charge on any atom is 0.338 e. The summed E-state index contributed by atoms with van der Waals surface area (Å²) in [6.45, 7) is 5.99. The summed E-state index contributed by atoms with van der Waals surface area (Å²) >= 11 is 0. The first-order valence-electron chi connectivity index (χ1n) is 8.23. The molecule has 0 bridgehead atoms. The molecule has 0 radical (unpaired) electrons. The van der Waals surface area contributed by atoms with Gasteiger partial charge >= 0.3 is 12.0 Å². The zero-order valence-electron chi connectivity index (χ0n) is 15.1. The van der Waals surface area contributed by atoms with Gasteiger partial charge in [0.2, 0.25) is 0 Å². The maximum atomic E-state index is 12.3. The number of anilines is 2. The first-order valence-corrected chi connectivity index (χ1v) is 8.23. The van der Waals surface area contributed by atoms with Crippen molar-refractivity contribution in [3.8, 4) is 0 Å². The monoisotopic (exact) mass is 355 g/mol. The van der Waals surface area contributed by atoms with E-state index in [1.165, 1.54) is 7.11 Å². The second kappa shape index (κ2) is 6.91. The second-order valence-electron chi connectivity index (χ2n) is 6.30. The third kappa shape index (κ3) is 3.26. The molecule has 0 aliphatic rings. The molecule has 2 aromatic heterocycles. The van der Waals surface area contributed by atoms with Gasteiger partial charge in [-0.25, -0.2) is 9.59 Å². The molecule has 0 spiro atoms. The Labute approximate surface area is 150 Å². The molecule has 0 unspecified atom stereocenters. The Hall–Kier alpha value is -3.29. The van der Waals surface area contributed by atoms with Crippen LogP contribution in [-0.4, -0.2) is 34.3 Å². The van der Waals surface area contributed by atoms with Gasteiger partial charge in [-0.15, -0.1) is 0 Å². The lowest BCUT2D eigenvalue weighted by Gasteiger charge is -2.09. The Balaban J connectivity index is 1.82. The van der Waals surface area contributed by atoms with Crippen LogP contribution in [0.5, 0.6) is 0 Å². The van der Waals surface area contributed by atoms with Gasteiger partial charge in [0.25, 0.3) is 0 Å². The summed E-state index contributed by atoms with van der Waals surface area (Å²) in [4.78, 5) is 27.4. The van der Waals surface area contributed by atoms with E-state index in [9.17, 15) is 9.59 Å². The average molecular weight is 355 g/mol. The number of fused-ring (bicyclic) bond motifs is 1. The fourth-order valence-corrected chi connectivity index (χ4v) is 2.88. The number of rotatable bonds is 4. The zero-order chi connectivity index (χ0) is 18.8. The Morgan fingerprint density at radius 1 is 1.23 bits per heavy atom. The number of aromatic amines is 2. The maximum absolute atomic E-state index is 12.3. The number of esters is 1. The molecular formula is C18H21N5O3. The number of H-pyrrole nitrogens is 2. The molecule has 0 aliphatic carbocycles. The number of urea groups is 1. The summed E-state index contributed by atoms with van der Waals surface area (Å²) in [5.41, 5.74) is 3.43. The Bertz CT molecular complexity index is 971. The molecule has 136 valence electrons. The van der Waals surface area contributed by atoms with Gasteiger partial charge in [0.1, 0.15) is 0 Å². The summed E-state index contributed by atoms with van der Waals surface area (Å²) in [6.07, 6.45) is 1.72. The van der Waals surface area contributed by atoms with Crippen molar-refractivity contribution in [3.63, 3.8) is 0 Å². The first-order chi connectivity index (χ1) is 12.4. The molecule has 3 rings (SSSR count). The van der Waals surface area contributed by atoms with Gasteiger partial charge in [-0.2, -0.15) is 5.10 Å². The largest absolute Gasteiger partial charge is 0.465 e. The minimum absolute atomic E-state index is 0.277. The molecule has 26 heavy (non-hydrogen) atoms. The normalized spacial score (nSPS) is 11.0. The standard InChI is InChI=1S/C18H21N5O3/c1-9(2)15-10(3)16(23-22-15)21-18(25)20-11-7-13(17(24)26-4)12-5-6-19-14(12)8-11/h5-9,19H,1-4H3,(H3,20,21,22,23,25). The van der Waals surface area contributed by atoms with Crippen LogP contribution in [0.2, 0.25) is 0 Å². The smallest absolute Gasteiger partial charge is 0.338 e. The number of carbonyl (C=O) groups excluding carboxylic acids is 2. The molecule has 1 aromatic carbocycles. The van der Waals surface area contributed by atoms with Crippen molar-refractivity contribution >= 4 is 34.4 Å².